The molecular formula is C22H25N5O3S. The average Bonchev–Trinajstić information content (AvgIpc) is 2.70. The largest absolute Gasteiger partial charge is 0.480 e. The minimum atomic E-state index is -3.20. The molecule has 3 rings (SSSR count). The number of aryl methyl sites for hydroxylation is 1. The number of carbonyl (C=O) groups is 1. The highest BCUT2D eigenvalue weighted by Gasteiger charge is 2.36. The van der Waals surface area contributed by atoms with Crippen LogP contribution in [0.15, 0.2) is 64.6 Å². The number of aliphatic carboxylic acids is 1. The minimum absolute atomic E-state index is 0.128. The fourth-order valence-electron chi connectivity index (χ4n) is 3.35. The number of pyridine rings is 1. The molecule has 1 heterocycles. The molecule has 8 nitrogen and oxygen atoms in total. The van der Waals surface area contributed by atoms with Crippen molar-refractivity contribution in [3.63, 3.8) is 0 Å². The molecule has 0 radical (unpaired) electrons. The van der Waals surface area contributed by atoms with E-state index in [2.05, 4.69) is 20.6 Å². The van der Waals surface area contributed by atoms with Crippen LogP contribution in [-0.4, -0.2) is 37.6 Å². The summed E-state index contributed by atoms with van der Waals surface area (Å²) in [6, 6.07) is 14.2. The molecular weight excluding hydrogens is 414 g/mol. The van der Waals surface area contributed by atoms with E-state index in [0.29, 0.717) is 10.3 Å². The number of nitrogens with zero attached hydrogens (tertiary/aromatic N) is 2. The lowest BCUT2D eigenvalue weighted by atomic mass is 9.94. The number of rotatable bonds is 7. The highest BCUT2D eigenvalue weighted by molar-refractivity contribution is 7.98. The maximum Gasteiger partial charge on any atom is 0.324 e. The molecule has 2 aromatic carbocycles. The smallest absolute Gasteiger partial charge is 0.324 e. The van der Waals surface area contributed by atoms with E-state index >= 15 is 0 Å². The van der Waals surface area contributed by atoms with Gasteiger partial charge < -0.3 is 16.6 Å². The van der Waals surface area contributed by atoms with Crippen molar-refractivity contribution < 1.29 is 14.1 Å². The zero-order valence-electron chi connectivity index (χ0n) is 17.3. The van der Waals surface area contributed by atoms with E-state index in [4.69, 9.17) is 11.5 Å². The van der Waals surface area contributed by atoms with Gasteiger partial charge in [0.15, 0.2) is 11.8 Å². The number of carboxylic acid groups (broad SMARTS) is 1. The predicted molar refractivity (Wildman–Crippen MR) is 125 cm³/mol. The highest BCUT2D eigenvalue weighted by Crippen LogP contribution is 2.29. The topological polar surface area (TPSA) is 144 Å². The average molecular weight is 440 g/mol. The van der Waals surface area contributed by atoms with Crippen LogP contribution in [0.2, 0.25) is 0 Å². The molecule has 0 bridgehead atoms. The number of nitrogens with two attached hydrogens (primary N) is 2. The summed E-state index contributed by atoms with van der Waals surface area (Å²) in [6.45, 7) is 3.38. The molecule has 6 N–H and O–H groups in total. The van der Waals surface area contributed by atoms with Crippen LogP contribution in [0, 0.1) is 6.92 Å². The molecule has 0 aliphatic rings. The summed E-state index contributed by atoms with van der Waals surface area (Å²) in [7, 11) is -3.20. The minimum Gasteiger partial charge on any atom is -0.480 e. The number of benzene rings is 2. The van der Waals surface area contributed by atoms with Crippen LogP contribution in [0.5, 0.6) is 0 Å². The van der Waals surface area contributed by atoms with Crippen molar-refractivity contribution in [1.29, 1.82) is 0 Å². The Morgan fingerprint density at radius 2 is 1.90 bits per heavy atom. The maximum absolute atomic E-state index is 13.6. The maximum atomic E-state index is 13.6. The molecule has 0 fully saturated rings. The number of fused-ring (bicyclic) bond motifs is 1. The van der Waals surface area contributed by atoms with Crippen molar-refractivity contribution in [2.45, 2.75) is 30.7 Å². The second-order valence-electron chi connectivity index (χ2n) is 7.59. The van der Waals surface area contributed by atoms with Gasteiger partial charge in [-0.3, -0.25) is 4.79 Å². The van der Waals surface area contributed by atoms with Crippen molar-refractivity contribution in [1.82, 2.24) is 9.71 Å². The van der Waals surface area contributed by atoms with E-state index in [1.807, 2.05) is 37.3 Å². The van der Waals surface area contributed by atoms with Gasteiger partial charge in [0.25, 0.3) is 0 Å². The Bertz CT molecular complexity index is 1270. The Hall–Kier alpha value is -3.43. The number of hydrogen-bond acceptors (Lipinski definition) is 4. The zero-order chi connectivity index (χ0) is 22.8. The Morgan fingerprint density at radius 3 is 2.52 bits per heavy atom. The third-order valence-electron chi connectivity index (χ3n) is 4.92. The van der Waals surface area contributed by atoms with Crippen LogP contribution >= 0.6 is 0 Å². The molecule has 1 unspecified atom stereocenters. The first-order valence-corrected chi connectivity index (χ1v) is 11.2. The van der Waals surface area contributed by atoms with Gasteiger partial charge in [-0.2, -0.15) is 4.99 Å². The molecule has 0 aliphatic heterocycles. The summed E-state index contributed by atoms with van der Waals surface area (Å²) >= 11 is 0. The molecule has 0 spiro atoms. The molecule has 0 saturated carbocycles. The highest BCUT2D eigenvalue weighted by atomic mass is 32.2. The van der Waals surface area contributed by atoms with E-state index in [-0.39, 0.29) is 18.2 Å². The molecule has 162 valence electrons. The molecule has 31 heavy (non-hydrogen) atoms. The van der Waals surface area contributed by atoms with Gasteiger partial charge in [0.05, 0.1) is 9.71 Å². The van der Waals surface area contributed by atoms with Crippen molar-refractivity contribution >= 4 is 44.1 Å². The van der Waals surface area contributed by atoms with Crippen LogP contribution in [0.4, 0.5) is 5.82 Å². The van der Waals surface area contributed by atoms with Crippen LogP contribution < -0.4 is 16.2 Å². The van der Waals surface area contributed by atoms with Gasteiger partial charge in [0.2, 0.25) is 0 Å². The molecule has 3 aromatic rings. The lowest BCUT2D eigenvalue weighted by molar-refractivity contribution is -0.143. The van der Waals surface area contributed by atoms with Crippen molar-refractivity contribution in [3.05, 3.63) is 65.9 Å². The van der Waals surface area contributed by atoms with Gasteiger partial charge >= 0.3 is 5.97 Å². The Balaban J connectivity index is 2.06. The molecule has 2 atom stereocenters. The monoisotopic (exact) mass is 439 g/mol. The second-order valence-corrected chi connectivity index (χ2v) is 9.61. The van der Waals surface area contributed by atoms with Crippen LogP contribution in [-0.2, 0) is 20.9 Å². The molecule has 1 aromatic heterocycles. The van der Waals surface area contributed by atoms with Gasteiger partial charge in [-0.25, -0.2) is 13.9 Å². The van der Waals surface area contributed by atoms with Crippen LogP contribution in [0.1, 0.15) is 18.1 Å². The molecule has 0 aliphatic carbocycles. The van der Waals surface area contributed by atoms with Gasteiger partial charge in [-0.15, -0.1) is 0 Å². The lowest BCUT2D eigenvalue weighted by Gasteiger charge is -2.28. The number of carboxylic acids is 1. The third kappa shape index (κ3) is 4.84. The SMILES string of the molecule is C=S(=O)(N[C@](C)(Cc1ccccc1)C(=O)O)c1ccc2c(C)cnc(N=C(N)N)c2c1. The standard InChI is InChI=1S/C22H25N5O3S/c1-14-13-25-19(26-21(23)24)18-11-16(9-10-17(14)18)31(3,30)27-22(2,20(28)29)12-15-7-5-4-6-8-15/h4-11,13H,3,12H2,1-2H3,(H,27,30)(H,28,29)(H4,23,24,25,26)/t22-,31?/m1/s1. The summed E-state index contributed by atoms with van der Waals surface area (Å²) in [6.07, 6.45) is 1.77. The van der Waals surface area contributed by atoms with Gasteiger partial charge in [0.1, 0.15) is 5.54 Å². The van der Waals surface area contributed by atoms with Crippen molar-refractivity contribution in [2.24, 2.45) is 16.5 Å². The normalized spacial score (nSPS) is 15.0. The van der Waals surface area contributed by atoms with Crippen LogP contribution in [0.25, 0.3) is 10.8 Å². The summed E-state index contributed by atoms with van der Waals surface area (Å²) in [5.74, 6) is 2.81. The van der Waals surface area contributed by atoms with Crippen molar-refractivity contribution in [2.75, 3.05) is 0 Å². The summed E-state index contributed by atoms with van der Waals surface area (Å²) in [5.41, 5.74) is 11.2. The van der Waals surface area contributed by atoms with Gasteiger partial charge in [-0.05, 0) is 48.4 Å². The lowest BCUT2D eigenvalue weighted by Crippen LogP contribution is -2.53. The van der Waals surface area contributed by atoms with E-state index in [1.54, 1.807) is 24.4 Å². The molecule has 9 heteroatoms. The molecule has 0 amide bonds. The Morgan fingerprint density at radius 1 is 1.23 bits per heavy atom. The first-order valence-electron chi connectivity index (χ1n) is 9.44. The number of guanidine groups is 1. The van der Waals surface area contributed by atoms with Crippen LogP contribution in [0.3, 0.4) is 0 Å². The first kappa shape index (κ1) is 22.3. The fourth-order valence-corrected chi connectivity index (χ4v) is 4.95. The Kier molecular flexibility index (Phi) is 6.01. The third-order valence-corrected chi connectivity index (χ3v) is 6.71. The van der Waals surface area contributed by atoms with Crippen molar-refractivity contribution in [3.8, 4) is 0 Å². The van der Waals surface area contributed by atoms with E-state index < -0.39 is 21.2 Å². The predicted octanol–water partition coefficient (Wildman–Crippen LogP) is 2.11. The van der Waals surface area contributed by atoms with E-state index in [0.717, 1.165) is 16.5 Å². The van der Waals surface area contributed by atoms with Gasteiger partial charge in [0, 0.05) is 22.9 Å². The van der Waals surface area contributed by atoms with Gasteiger partial charge in [-0.1, -0.05) is 36.4 Å². The Labute approximate surface area is 181 Å². The van der Waals surface area contributed by atoms with E-state index in [9.17, 15) is 14.1 Å². The second kappa shape index (κ2) is 8.37. The number of aliphatic imine (C=N–C) groups is 1. The summed E-state index contributed by atoms with van der Waals surface area (Å²) in [5, 5.41) is 11.3. The van der Waals surface area contributed by atoms with E-state index in [1.165, 1.54) is 6.92 Å². The summed E-state index contributed by atoms with van der Waals surface area (Å²) < 4.78 is 16.4. The zero-order valence-corrected chi connectivity index (χ0v) is 18.1. The number of nitrogens with one attached hydrogen (secondary N) is 1. The quantitative estimate of drug-likeness (QED) is 0.252. The number of aromatic nitrogens is 1. The fraction of sp³-hybridized carbons (Fsp3) is 0.182. The molecule has 0 saturated heterocycles. The summed E-state index contributed by atoms with van der Waals surface area (Å²) in [4.78, 5) is 20.7. The number of hydrogen-bond donors (Lipinski definition) is 4. The first-order chi connectivity index (χ1) is 14.5.